The van der Waals surface area contributed by atoms with Gasteiger partial charge in [0.1, 0.15) is 5.75 Å². The molecule has 1 aliphatic rings. The highest BCUT2D eigenvalue weighted by atomic mass is 16.5. The van der Waals surface area contributed by atoms with E-state index in [1.807, 2.05) is 43.3 Å². The summed E-state index contributed by atoms with van der Waals surface area (Å²) in [5, 5.41) is 5.55. The summed E-state index contributed by atoms with van der Waals surface area (Å²) >= 11 is 0. The molecule has 3 rings (SSSR count). The van der Waals surface area contributed by atoms with Crippen molar-refractivity contribution in [1.82, 2.24) is 0 Å². The number of carbonyl (C=O) groups is 2. The Morgan fingerprint density at radius 1 is 1.18 bits per heavy atom. The number of para-hydroxylation sites is 3. The van der Waals surface area contributed by atoms with E-state index >= 15 is 0 Å². The van der Waals surface area contributed by atoms with Crippen molar-refractivity contribution in [3.05, 3.63) is 54.1 Å². The quantitative estimate of drug-likeness (QED) is 0.915. The predicted molar refractivity (Wildman–Crippen MR) is 83.9 cm³/mol. The van der Waals surface area contributed by atoms with E-state index in [-0.39, 0.29) is 18.2 Å². The molecule has 5 nitrogen and oxygen atoms in total. The number of fused-ring (bicyclic) bond motifs is 1. The Morgan fingerprint density at radius 2 is 1.91 bits per heavy atom. The standard InChI is InChI=1S/C17H16N2O3/c1-11-6-2-3-7-12(11)18-16(20)10-15-17(21)19-13-8-4-5-9-14(13)22-15/h2-9,15H,10H2,1H3,(H,18,20)(H,19,21)/t15-/m0/s1. The van der Waals surface area contributed by atoms with Gasteiger partial charge in [-0.25, -0.2) is 0 Å². The van der Waals surface area contributed by atoms with Crippen molar-refractivity contribution in [1.29, 1.82) is 0 Å². The molecule has 2 aromatic carbocycles. The lowest BCUT2D eigenvalue weighted by molar-refractivity contribution is -0.128. The van der Waals surface area contributed by atoms with Crippen molar-refractivity contribution in [2.24, 2.45) is 0 Å². The highest BCUT2D eigenvalue weighted by Crippen LogP contribution is 2.29. The first-order chi connectivity index (χ1) is 10.6. The maximum absolute atomic E-state index is 12.1. The molecule has 2 aromatic rings. The molecule has 0 bridgehead atoms. The zero-order chi connectivity index (χ0) is 15.5. The second-order valence-corrected chi connectivity index (χ2v) is 5.16. The maximum atomic E-state index is 12.1. The first-order valence-electron chi connectivity index (χ1n) is 7.05. The molecule has 0 radical (unpaired) electrons. The van der Waals surface area contributed by atoms with Crippen LogP contribution in [0.5, 0.6) is 5.75 Å². The molecule has 0 saturated carbocycles. The lowest BCUT2D eigenvalue weighted by Gasteiger charge is -2.25. The number of rotatable bonds is 3. The van der Waals surface area contributed by atoms with Crippen LogP contribution in [0.1, 0.15) is 12.0 Å². The van der Waals surface area contributed by atoms with E-state index in [1.165, 1.54) is 0 Å². The van der Waals surface area contributed by atoms with Crippen LogP contribution < -0.4 is 15.4 Å². The average Bonchev–Trinajstić information content (AvgIpc) is 2.50. The van der Waals surface area contributed by atoms with E-state index in [0.29, 0.717) is 11.4 Å². The largest absolute Gasteiger partial charge is 0.478 e. The average molecular weight is 296 g/mol. The number of hydrogen-bond acceptors (Lipinski definition) is 3. The van der Waals surface area contributed by atoms with Crippen molar-refractivity contribution in [3.8, 4) is 5.75 Å². The number of ether oxygens (including phenoxy) is 1. The second-order valence-electron chi connectivity index (χ2n) is 5.16. The number of nitrogens with one attached hydrogen (secondary N) is 2. The molecule has 112 valence electrons. The van der Waals surface area contributed by atoms with Crippen LogP contribution in [-0.2, 0) is 9.59 Å². The molecule has 22 heavy (non-hydrogen) atoms. The second kappa shape index (κ2) is 5.89. The lowest BCUT2D eigenvalue weighted by Crippen LogP contribution is -2.39. The van der Waals surface area contributed by atoms with Gasteiger partial charge >= 0.3 is 0 Å². The fraction of sp³-hybridized carbons (Fsp3) is 0.176. The van der Waals surface area contributed by atoms with Gasteiger partial charge in [0.05, 0.1) is 12.1 Å². The van der Waals surface area contributed by atoms with Gasteiger partial charge < -0.3 is 15.4 Å². The molecule has 1 atom stereocenters. The third-order valence-corrected chi connectivity index (χ3v) is 3.50. The number of benzene rings is 2. The number of amides is 2. The highest BCUT2D eigenvalue weighted by molar-refractivity contribution is 6.02. The molecular formula is C17H16N2O3. The van der Waals surface area contributed by atoms with Crippen LogP contribution in [-0.4, -0.2) is 17.9 Å². The molecule has 5 heteroatoms. The first-order valence-corrected chi connectivity index (χ1v) is 7.05. The molecule has 0 aromatic heterocycles. The highest BCUT2D eigenvalue weighted by Gasteiger charge is 2.29. The Hall–Kier alpha value is -2.82. The first kappa shape index (κ1) is 14.1. The van der Waals surface area contributed by atoms with Crippen LogP contribution in [0.15, 0.2) is 48.5 Å². The van der Waals surface area contributed by atoms with Crippen LogP contribution in [0, 0.1) is 6.92 Å². The minimum atomic E-state index is -0.820. The molecule has 0 spiro atoms. The number of hydrogen-bond donors (Lipinski definition) is 2. The van der Waals surface area contributed by atoms with Crippen molar-refractivity contribution in [3.63, 3.8) is 0 Å². The van der Waals surface area contributed by atoms with Crippen molar-refractivity contribution in [2.75, 3.05) is 10.6 Å². The minimum Gasteiger partial charge on any atom is -0.478 e. The van der Waals surface area contributed by atoms with Crippen LogP contribution in [0.2, 0.25) is 0 Å². The zero-order valence-electron chi connectivity index (χ0n) is 12.1. The minimum absolute atomic E-state index is 0.0332. The Morgan fingerprint density at radius 3 is 2.73 bits per heavy atom. The normalized spacial score (nSPS) is 16.2. The van der Waals surface area contributed by atoms with E-state index < -0.39 is 6.10 Å². The van der Waals surface area contributed by atoms with Gasteiger partial charge in [-0.2, -0.15) is 0 Å². The third kappa shape index (κ3) is 2.93. The summed E-state index contributed by atoms with van der Waals surface area (Å²) in [6.07, 6.45) is -0.854. The summed E-state index contributed by atoms with van der Waals surface area (Å²) < 4.78 is 5.61. The van der Waals surface area contributed by atoms with Gasteiger partial charge in [-0.15, -0.1) is 0 Å². The smallest absolute Gasteiger partial charge is 0.266 e. The molecule has 0 saturated heterocycles. The molecule has 2 amide bonds. The number of carbonyl (C=O) groups excluding carboxylic acids is 2. The Kier molecular flexibility index (Phi) is 3.78. The third-order valence-electron chi connectivity index (χ3n) is 3.50. The van der Waals surface area contributed by atoms with Gasteiger partial charge in [0.2, 0.25) is 5.91 Å². The summed E-state index contributed by atoms with van der Waals surface area (Å²) in [6, 6.07) is 14.6. The monoisotopic (exact) mass is 296 g/mol. The zero-order valence-corrected chi connectivity index (χ0v) is 12.1. The fourth-order valence-corrected chi connectivity index (χ4v) is 2.31. The predicted octanol–water partition coefficient (Wildman–Crippen LogP) is 2.72. The Bertz CT molecular complexity index is 727. The fourth-order valence-electron chi connectivity index (χ4n) is 2.31. The molecular weight excluding hydrogens is 280 g/mol. The SMILES string of the molecule is Cc1ccccc1NC(=O)C[C@@H]1Oc2ccccc2NC1=O. The molecule has 0 unspecified atom stereocenters. The van der Waals surface area contributed by atoms with Gasteiger partial charge in [-0.1, -0.05) is 30.3 Å². The Balaban J connectivity index is 1.67. The summed E-state index contributed by atoms with van der Waals surface area (Å²) in [4.78, 5) is 24.1. The number of anilines is 2. The van der Waals surface area contributed by atoms with E-state index in [0.717, 1.165) is 11.3 Å². The van der Waals surface area contributed by atoms with Crippen LogP contribution >= 0.6 is 0 Å². The maximum Gasteiger partial charge on any atom is 0.266 e. The number of aryl methyl sites for hydroxylation is 1. The van der Waals surface area contributed by atoms with E-state index in [4.69, 9.17) is 4.74 Å². The van der Waals surface area contributed by atoms with Gasteiger partial charge in [-0.05, 0) is 30.7 Å². The molecule has 1 aliphatic heterocycles. The summed E-state index contributed by atoms with van der Waals surface area (Å²) in [5.74, 6) is 0.0169. The van der Waals surface area contributed by atoms with Gasteiger partial charge in [0.25, 0.3) is 5.91 Å². The summed E-state index contributed by atoms with van der Waals surface area (Å²) in [6.45, 7) is 1.91. The topological polar surface area (TPSA) is 67.4 Å². The molecule has 0 fully saturated rings. The Labute approximate surface area is 128 Å². The van der Waals surface area contributed by atoms with E-state index in [1.54, 1.807) is 12.1 Å². The lowest BCUT2D eigenvalue weighted by atomic mass is 10.1. The van der Waals surface area contributed by atoms with Gasteiger partial charge in [0.15, 0.2) is 6.10 Å². The van der Waals surface area contributed by atoms with E-state index in [2.05, 4.69) is 10.6 Å². The van der Waals surface area contributed by atoms with Crippen molar-refractivity contribution < 1.29 is 14.3 Å². The van der Waals surface area contributed by atoms with Gasteiger partial charge in [-0.3, -0.25) is 9.59 Å². The van der Waals surface area contributed by atoms with Crippen LogP contribution in [0.4, 0.5) is 11.4 Å². The van der Waals surface area contributed by atoms with Crippen LogP contribution in [0.3, 0.4) is 0 Å². The molecule has 0 aliphatic carbocycles. The van der Waals surface area contributed by atoms with Crippen molar-refractivity contribution in [2.45, 2.75) is 19.4 Å². The van der Waals surface area contributed by atoms with Gasteiger partial charge in [0, 0.05) is 5.69 Å². The van der Waals surface area contributed by atoms with Crippen LogP contribution in [0.25, 0.3) is 0 Å². The summed E-state index contributed by atoms with van der Waals surface area (Å²) in [5.41, 5.74) is 2.34. The summed E-state index contributed by atoms with van der Waals surface area (Å²) in [7, 11) is 0. The molecule has 1 heterocycles. The van der Waals surface area contributed by atoms with Crippen molar-refractivity contribution >= 4 is 23.2 Å². The van der Waals surface area contributed by atoms with E-state index in [9.17, 15) is 9.59 Å². The molecule has 2 N–H and O–H groups in total.